The highest BCUT2D eigenvalue weighted by Gasteiger charge is 2.15. The molecule has 0 radical (unpaired) electrons. The second-order valence-corrected chi connectivity index (χ2v) is 5.39. The van der Waals surface area contributed by atoms with Gasteiger partial charge in [0.2, 0.25) is 11.8 Å². The van der Waals surface area contributed by atoms with Crippen molar-refractivity contribution < 1.29 is 9.21 Å². The normalized spacial score (nSPS) is 11.4. The van der Waals surface area contributed by atoms with Crippen LogP contribution in [0.15, 0.2) is 4.42 Å². The highest BCUT2D eigenvalue weighted by molar-refractivity contribution is 5.80. The number of aromatic nitrogens is 2. The van der Waals surface area contributed by atoms with Crippen LogP contribution in [0.1, 0.15) is 33.6 Å². The smallest absolute Gasteiger partial charge is 0.318 e. The van der Waals surface area contributed by atoms with E-state index in [1.165, 1.54) is 0 Å². The van der Waals surface area contributed by atoms with E-state index in [0.717, 1.165) is 0 Å². The maximum Gasteiger partial charge on any atom is 0.318 e. The van der Waals surface area contributed by atoms with Crippen molar-refractivity contribution in [3.8, 4) is 0 Å². The lowest BCUT2D eigenvalue weighted by Gasteiger charge is -2.18. The molecule has 0 atom stereocenters. The van der Waals surface area contributed by atoms with Gasteiger partial charge in [0.25, 0.3) is 0 Å². The third kappa shape index (κ3) is 5.69. The number of nitrogens with zero attached hydrogens (tertiary/aromatic N) is 3. The predicted octanol–water partition coefficient (Wildman–Crippen LogP) is 0.530. The second-order valence-electron chi connectivity index (χ2n) is 5.39. The van der Waals surface area contributed by atoms with Gasteiger partial charge in [-0.2, -0.15) is 0 Å². The Labute approximate surface area is 113 Å². The lowest BCUT2D eigenvalue weighted by Crippen LogP contribution is -2.35. The molecule has 108 valence electrons. The quantitative estimate of drug-likeness (QED) is 0.784. The molecule has 0 bridgehead atoms. The summed E-state index contributed by atoms with van der Waals surface area (Å²) in [4.78, 5) is 13.1. The molecule has 0 aliphatic heterocycles. The highest BCUT2D eigenvalue weighted by atomic mass is 16.4. The number of carbonyl (C=O) groups excluding carboxylic acids is 1. The largest absolute Gasteiger partial charge is 0.407 e. The first-order valence-corrected chi connectivity index (χ1v) is 6.37. The van der Waals surface area contributed by atoms with Gasteiger partial charge in [0.1, 0.15) is 6.54 Å². The van der Waals surface area contributed by atoms with Gasteiger partial charge in [-0.3, -0.25) is 4.79 Å². The monoisotopic (exact) mass is 269 g/mol. The molecule has 2 N–H and O–H groups in total. The SMILES string of the molecule is CCNC(=O)CN(C)c1nnc(CNC(C)(C)C)o1. The highest BCUT2D eigenvalue weighted by Crippen LogP contribution is 2.10. The Morgan fingerprint density at radius 3 is 2.63 bits per heavy atom. The zero-order valence-electron chi connectivity index (χ0n) is 12.3. The number of nitrogens with one attached hydrogen (secondary N) is 2. The van der Waals surface area contributed by atoms with Gasteiger partial charge >= 0.3 is 6.01 Å². The molecule has 1 rings (SSSR count). The number of likely N-dealkylation sites (N-methyl/N-ethyl adjacent to an activating group) is 2. The maximum atomic E-state index is 11.4. The lowest BCUT2D eigenvalue weighted by atomic mass is 10.1. The molecule has 0 aromatic carbocycles. The fourth-order valence-corrected chi connectivity index (χ4v) is 1.35. The van der Waals surface area contributed by atoms with E-state index in [2.05, 4.69) is 41.6 Å². The first-order chi connectivity index (χ1) is 8.81. The minimum absolute atomic E-state index is 0.0124. The second kappa shape index (κ2) is 6.51. The molecule has 0 aliphatic carbocycles. The van der Waals surface area contributed by atoms with E-state index in [1.807, 2.05) is 6.92 Å². The summed E-state index contributed by atoms with van der Waals surface area (Å²) in [7, 11) is 1.74. The Morgan fingerprint density at radius 1 is 1.37 bits per heavy atom. The van der Waals surface area contributed by atoms with Crippen LogP contribution in [-0.2, 0) is 11.3 Å². The topological polar surface area (TPSA) is 83.3 Å². The average Bonchev–Trinajstić information content (AvgIpc) is 2.74. The summed E-state index contributed by atoms with van der Waals surface area (Å²) in [6.07, 6.45) is 0. The minimum atomic E-state index is -0.0717. The number of carbonyl (C=O) groups is 1. The van der Waals surface area contributed by atoms with Crippen LogP contribution in [0.2, 0.25) is 0 Å². The van der Waals surface area contributed by atoms with Crippen LogP contribution in [0, 0.1) is 0 Å². The van der Waals surface area contributed by atoms with Crippen molar-refractivity contribution in [2.45, 2.75) is 39.8 Å². The molecule has 0 fully saturated rings. The van der Waals surface area contributed by atoms with Crippen LogP contribution < -0.4 is 15.5 Å². The van der Waals surface area contributed by atoms with Crippen molar-refractivity contribution in [1.29, 1.82) is 0 Å². The molecule has 7 heteroatoms. The fraction of sp³-hybridized carbons (Fsp3) is 0.750. The van der Waals surface area contributed by atoms with Gasteiger partial charge in [-0.25, -0.2) is 0 Å². The predicted molar refractivity (Wildman–Crippen MR) is 72.8 cm³/mol. The first-order valence-electron chi connectivity index (χ1n) is 6.37. The van der Waals surface area contributed by atoms with Gasteiger partial charge in [0.15, 0.2) is 0 Å². The molecule has 0 spiro atoms. The number of amides is 1. The van der Waals surface area contributed by atoms with Crippen LogP contribution in [0.25, 0.3) is 0 Å². The van der Waals surface area contributed by atoms with Crippen molar-refractivity contribution in [2.75, 3.05) is 25.0 Å². The van der Waals surface area contributed by atoms with Crippen molar-refractivity contribution >= 4 is 11.9 Å². The van der Waals surface area contributed by atoms with E-state index in [9.17, 15) is 4.79 Å². The number of anilines is 1. The van der Waals surface area contributed by atoms with Crippen LogP contribution in [0.4, 0.5) is 6.01 Å². The summed E-state index contributed by atoms with van der Waals surface area (Å²) in [5.41, 5.74) is -0.0124. The maximum absolute atomic E-state index is 11.4. The summed E-state index contributed by atoms with van der Waals surface area (Å²) in [5.74, 6) is 0.435. The molecule has 0 unspecified atom stereocenters. The molecule has 1 heterocycles. The third-order valence-electron chi connectivity index (χ3n) is 2.31. The van der Waals surface area contributed by atoms with E-state index in [-0.39, 0.29) is 18.0 Å². The van der Waals surface area contributed by atoms with Gasteiger partial charge in [0, 0.05) is 19.1 Å². The number of hydrogen-bond donors (Lipinski definition) is 2. The van der Waals surface area contributed by atoms with Crippen LogP contribution in [-0.4, -0.2) is 41.8 Å². The summed E-state index contributed by atoms with van der Waals surface area (Å²) in [6.45, 7) is 9.37. The van der Waals surface area contributed by atoms with Crippen LogP contribution in [0.3, 0.4) is 0 Å². The molecular formula is C12H23N5O2. The lowest BCUT2D eigenvalue weighted by molar-refractivity contribution is -0.119. The van der Waals surface area contributed by atoms with Crippen LogP contribution >= 0.6 is 0 Å². The zero-order chi connectivity index (χ0) is 14.5. The Morgan fingerprint density at radius 2 is 2.05 bits per heavy atom. The number of hydrogen-bond acceptors (Lipinski definition) is 6. The van der Waals surface area contributed by atoms with Crippen molar-refractivity contribution in [3.05, 3.63) is 5.89 Å². The summed E-state index contributed by atoms with van der Waals surface area (Å²) >= 11 is 0. The van der Waals surface area contributed by atoms with Gasteiger partial charge in [-0.15, -0.1) is 5.10 Å². The summed E-state index contributed by atoms with van der Waals surface area (Å²) < 4.78 is 5.48. The van der Waals surface area contributed by atoms with Crippen LogP contribution in [0.5, 0.6) is 0 Å². The number of rotatable bonds is 6. The van der Waals surface area contributed by atoms with Gasteiger partial charge in [-0.1, -0.05) is 5.10 Å². The Hall–Kier alpha value is -1.63. The standard InChI is InChI=1S/C12H23N5O2/c1-6-13-9(18)8-17(5)11-16-15-10(19-11)7-14-12(2,3)4/h14H,6-8H2,1-5H3,(H,13,18). The average molecular weight is 269 g/mol. The van der Waals surface area contributed by atoms with E-state index in [4.69, 9.17) is 4.42 Å². The zero-order valence-corrected chi connectivity index (χ0v) is 12.3. The molecule has 1 amide bonds. The van der Waals surface area contributed by atoms with E-state index in [0.29, 0.717) is 25.0 Å². The molecule has 1 aromatic rings. The molecule has 0 saturated carbocycles. The van der Waals surface area contributed by atoms with E-state index in [1.54, 1.807) is 11.9 Å². The third-order valence-corrected chi connectivity index (χ3v) is 2.31. The molecule has 0 saturated heterocycles. The Bertz CT molecular complexity index is 410. The summed E-state index contributed by atoms with van der Waals surface area (Å²) in [5, 5.41) is 13.8. The van der Waals surface area contributed by atoms with Gasteiger partial charge in [0.05, 0.1) is 6.54 Å². The fourth-order valence-electron chi connectivity index (χ4n) is 1.35. The Balaban J connectivity index is 2.51. The molecular weight excluding hydrogens is 246 g/mol. The molecule has 7 nitrogen and oxygen atoms in total. The molecule has 0 aliphatic rings. The van der Waals surface area contributed by atoms with Gasteiger partial charge in [-0.05, 0) is 27.7 Å². The first kappa shape index (κ1) is 15.4. The summed E-state index contributed by atoms with van der Waals surface area (Å²) in [6, 6.07) is 0.344. The minimum Gasteiger partial charge on any atom is -0.407 e. The van der Waals surface area contributed by atoms with Crippen molar-refractivity contribution in [1.82, 2.24) is 20.8 Å². The van der Waals surface area contributed by atoms with Crippen molar-refractivity contribution in [3.63, 3.8) is 0 Å². The Kier molecular flexibility index (Phi) is 5.29. The van der Waals surface area contributed by atoms with E-state index < -0.39 is 0 Å². The molecule has 19 heavy (non-hydrogen) atoms. The van der Waals surface area contributed by atoms with Crippen molar-refractivity contribution in [2.24, 2.45) is 0 Å². The molecule has 1 aromatic heterocycles. The van der Waals surface area contributed by atoms with E-state index >= 15 is 0 Å². The van der Waals surface area contributed by atoms with Gasteiger partial charge < -0.3 is 20.0 Å².